The summed E-state index contributed by atoms with van der Waals surface area (Å²) in [6, 6.07) is 5.95. The number of halogens is 2. The Morgan fingerprint density at radius 1 is 1.29 bits per heavy atom. The molecule has 2 saturated heterocycles. The van der Waals surface area contributed by atoms with Gasteiger partial charge in [0, 0.05) is 25.4 Å². The highest BCUT2D eigenvalue weighted by Gasteiger charge is 2.38. The number of anilines is 2. The molecule has 2 aliphatic rings. The van der Waals surface area contributed by atoms with Crippen LogP contribution >= 0.6 is 23.7 Å². The van der Waals surface area contributed by atoms with Crippen molar-refractivity contribution in [2.24, 2.45) is 5.41 Å². The Morgan fingerprint density at radius 3 is 2.68 bits per heavy atom. The lowest BCUT2D eigenvalue weighted by atomic mass is 9.78. The van der Waals surface area contributed by atoms with Gasteiger partial charge in [-0.25, -0.2) is 9.37 Å². The Labute approximate surface area is 175 Å². The number of hydrogen-bond acceptors (Lipinski definition) is 5. The van der Waals surface area contributed by atoms with Crippen molar-refractivity contribution in [1.29, 1.82) is 0 Å². The van der Waals surface area contributed by atoms with Crippen molar-refractivity contribution in [3.05, 3.63) is 41.2 Å². The van der Waals surface area contributed by atoms with Gasteiger partial charge >= 0.3 is 0 Å². The predicted octanol–water partition coefficient (Wildman–Crippen LogP) is 3.96. The molecular formula is C20H26ClFN4OS. The lowest BCUT2D eigenvalue weighted by molar-refractivity contribution is -0.115. The van der Waals surface area contributed by atoms with Crippen LogP contribution in [-0.4, -0.2) is 42.0 Å². The van der Waals surface area contributed by atoms with Crippen molar-refractivity contribution in [2.45, 2.75) is 32.7 Å². The number of benzene rings is 1. The largest absolute Gasteiger partial charge is 0.317 e. The summed E-state index contributed by atoms with van der Waals surface area (Å²) in [4.78, 5) is 20.9. The highest BCUT2D eigenvalue weighted by molar-refractivity contribution is 7.14. The van der Waals surface area contributed by atoms with Gasteiger partial charge in [-0.3, -0.25) is 14.6 Å². The summed E-state index contributed by atoms with van der Waals surface area (Å²) in [7, 11) is 0. The highest BCUT2D eigenvalue weighted by Crippen LogP contribution is 2.39. The number of nitrogens with one attached hydrogen (secondary N) is 1. The maximum Gasteiger partial charge on any atom is 0.230 e. The first kappa shape index (κ1) is 21.2. The molecule has 1 spiro atoms. The van der Waals surface area contributed by atoms with Gasteiger partial charge in [0.05, 0.1) is 11.4 Å². The molecule has 5 nitrogen and oxygen atoms in total. The summed E-state index contributed by atoms with van der Waals surface area (Å²) in [6.07, 6.45) is 3.78. The molecule has 1 aromatic heterocycles. The first-order valence-corrected chi connectivity index (χ1v) is 10.4. The smallest absolute Gasteiger partial charge is 0.230 e. The number of nitrogens with zero attached hydrogens (tertiary/aromatic N) is 3. The molecule has 28 heavy (non-hydrogen) atoms. The summed E-state index contributed by atoms with van der Waals surface area (Å²) in [6.45, 7) is 6.82. The van der Waals surface area contributed by atoms with Gasteiger partial charge in [-0.2, -0.15) is 0 Å². The average Bonchev–Trinajstić information content (AvgIpc) is 3.25. The van der Waals surface area contributed by atoms with Gasteiger partial charge in [0.2, 0.25) is 5.91 Å². The van der Waals surface area contributed by atoms with Crippen LogP contribution in [0.15, 0.2) is 29.6 Å². The zero-order valence-electron chi connectivity index (χ0n) is 16.0. The van der Waals surface area contributed by atoms with Crippen LogP contribution in [-0.2, 0) is 11.3 Å². The van der Waals surface area contributed by atoms with Crippen molar-refractivity contribution < 1.29 is 9.18 Å². The van der Waals surface area contributed by atoms with Gasteiger partial charge in [-0.05, 0) is 68.6 Å². The number of piperidine rings is 1. The number of carbonyl (C=O) groups excluding carboxylic acids is 1. The second kappa shape index (κ2) is 8.86. The van der Waals surface area contributed by atoms with E-state index in [1.54, 1.807) is 17.0 Å². The van der Waals surface area contributed by atoms with E-state index in [1.165, 1.54) is 49.7 Å². The minimum atomic E-state index is -0.317. The summed E-state index contributed by atoms with van der Waals surface area (Å²) in [5.41, 5.74) is 2.11. The Morgan fingerprint density at radius 2 is 2.00 bits per heavy atom. The number of hydrogen-bond donors (Lipinski definition) is 1. The van der Waals surface area contributed by atoms with E-state index >= 15 is 0 Å². The van der Waals surface area contributed by atoms with Crippen LogP contribution in [0.3, 0.4) is 0 Å². The van der Waals surface area contributed by atoms with Crippen LogP contribution in [0.2, 0.25) is 0 Å². The van der Waals surface area contributed by atoms with E-state index in [0.29, 0.717) is 16.2 Å². The molecule has 0 aliphatic carbocycles. The SMILES string of the molecule is CC(=O)N(c1ccc(F)cc1)c1nc(CN2CCC3(CCNCC3)C2)cs1.Cl. The first-order chi connectivity index (χ1) is 13.0. The van der Waals surface area contributed by atoms with Crippen molar-refractivity contribution >= 4 is 40.5 Å². The lowest BCUT2D eigenvalue weighted by Gasteiger charge is -2.33. The fraction of sp³-hybridized carbons (Fsp3) is 0.500. The number of aromatic nitrogens is 1. The normalized spacial score (nSPS) is 18.8. The van der Waals surface area contributed by atoms with E-state index in [1.807, 2.05) is 5.38 Å². The van der Waals surface area contributed by atoms with Crippen LogP contribution < -0.4 is 10.2 Å². The second-order valence-electron chi connectivity index (χ2n) is 7.66. The summed E-state index contributed by atoms with van der Waals surface area (Å²) in [5.74, 6) is -0.444. The van der Waals surface area contributed by atoms with Crippen LogP contribution in [0.5, 0.6) is 0 Å². The van der Waals surface area contributed by atoms with Crippen LogP contribution in [0, 0.1) is 11.2 Å². The monoisotopic (exact) mass is 424 g/mol. The third-order valence-corrected chi connectivity index (χ3v) is 6.57. The first-order valence-electron chi connectivity index (χ1n) is 9.48. The molecule has 8 heteroatoms. The summed E-state index contributed by atoms with van der Waals surface area (Å²) >= 11 is 1.46. The Kier molecular flexibility index (Phi) is 6.70. The maximum absolute atomic E-state index is 13.2. The minimum absolute atomic E-state index is 0. The fourth-order valence-electron chi connectivity index (χ4n) is 4.25. The van der Waals surface area contributed by atoms with E-state index in [4.69, 9.17) is 4.98 Å². The van der Waals surface area contributed by atoms with Gasteiger partial charge < -0.3 is 5.32 Å². The average molecular weight is 425 g/mol. The number of thiazole rings is 1. The second-order valence-corrected chi connectivity index (χ2v) is 8.50. The fourth-order valence-corrected chi connectivity index (χ4v) is 5.12. The molecule has 0 saturated carbocycles. The van der Waals surface area contributed by atoms with Crippen molar-refractivity contribution in [3.8, 4) is 0 Å². The van der Waals surface area contributed by atoms with Gasteiger partial charge in [-0.1, -0.05) is 0 Å². The Bertz CT molecular complexity index is 807. The topological polar surface area (TPSA) is 48.5 Å². The molecule has 1 amide bonds. The number of likely N-dealkylation sites (tertiary alicyclic amines) is 1. The molecule has 152 valence electrons. The van der Waals surface area contributed by atoms with Gasteiger partial charge in [0.1, 0.15) is 5.82 Å². The molecule has 2 aromatic rings. The zero-order valence-corrected chi connectivity index (χ0v) is 17.6. The van der Waals surface area contributed by atoms with E-state index in [2.05, 4.69) is 10.2 Å². The molecular weight excluding hydrogens is 399 g/mol. The van der Waals surface area contributed by atoms with Crippen molar-refractivity contribution in [3.63, 3.8) is 0 Å². The number of rotatable bonds is 4. The van der Waals surface area contributed by atoms with Gasteiger partial charge in [0.15, 0.2) is 5.13 Å². The molecule has 1 N–H and O–H groups in total. The molecule has 4 rings (SSSR count). The van der Waals surface area contributed by atoms with Gasteiger partial charge in [-0.15, -0.1) is 23.7 Å². The van der Waals surface area contributed by atoms with Crippen LogP contribution in [0.4, 0.5) is 15.2 Å². The molecule has 3 heterocycles. The Hall–Kier alpha value is -1.54. The van der Waals surface area contributed by atoms with E-state index in [-0.39, 0.29) is 24.1 Å². The highest BCUT2D eigenvalue weighted by atomic mass is 35.5. The molecule has 2 fully saturated rings. The standard InChI is InChI=1S/C20H25FN4OS.ClH/c1-15(26)25(18-4-2-16(21)3-5-18)19-23-17(13-27-19)12-24-11-8-20(14-24)6-9-22-10-7-20;/h2-5,13,22H,6-12,14H2,1H3;1H. The summed E-state index contributed by atoms with van der Waals surface area (Å²) in [5, 5.41) is 6.12. The Balaban J connectivity index is 0.00000225. The van der Waals surface area contributed by atoms with Crippen LogP contribution in [0.1, 0.15) is 31.9 Å². The molecule has 1 aromatic carbocycles. The quantitative estimate of drug-likeness (QED) is 0.806. The maximum atomic E-state index is 13.2. The van der Waals surface area contributed by atoms with Crippen molar-refractivity contribution in [2.75, 3.05) is 31.1 Å². The zero-order chi connectivity index (χ0) is 18.9. The molecule has 0 bridgehead atoms. The molecule has 0 atom stereocenters. The number of carbonyl (C=O) groups is 1. The summed E-state index contributed by atoms with van der Waals surface area (Å²) < 4.78 is 13.2. The molecule has 2 aliphatic heterocycles. The van der Waals surface area contributed by atoms with E-state index in [9.17, 15) is 9.18 Å². The number of amides is 1. The third kappa shape index (κ3) is 4.54. The van der Waals surface area contributed by atoms with E-state index in [0.717, 1.165) is 38.4 Å². The van der Waals surface area contributed by atoms with E-state index < -0.39 is 0 Å². The lowest BCUT2D eigenvalue weighted by Crippen LogP contribution is -2.38. The van der Waals surface area contributed by atoms with Gasteiger partial charge in [0.25, 0.3) is 0 Å². The minimum Gasteiger partial charge on any atom is -0.317 e. The van der Waals surface area contributed by atoms with Crippen molar-refractivity contribution in [1.82, 2.24) is 15.2 Å². The van der Waals surface area contributed by atoms with Crippen LogP contribution in [0.25, 0.3) is 0 Å². The predicted molar refractivity (Wildman–Crippen MR) is 113 cm³/mol. The molecule has 0 radical (unpaired) electrons. The third-order valence-electron chi connectivity index (χ3n) is 5.70. The molecule has 0 unspecified atom stereocenters.